The topological polar surface area (TPSA) is 95.5 Å². The Labute approximate surface area is 130 Å². The van der Waals surface area contributed by atoms with Crippen LogP contribution in [-0.4, -0.2) is 39.4 Å². The average molecular weight is 333 g/mol. The fraction of sp³-hybridized carbons (Fsp3) is 0.385. The molecule has 0 bridgehead atoms. The van der Waals surface area contributed by atoms with Gasteiger partial charge in [0.25, 0.3) is 0 Å². The summed E-state index contributed by atoms with van der Waals surface area (Å²) < 4.78 is 11.2. The van der Waals surface area contributed by atoms with Gasteiger partial charge < -0.3 is 15.7 Å². The molecular weight excluding hydrogens is 316 g/mol. The number of halogens is 1. The summed E-state index contributed by atoms with van der Waals surface area (Å²) >= 11 is 5.74. The van der Waals surface area contributed by atoms with Gasteiger partial charge in [0.05, 0.1) is 10.6 Å². The zero-order valence-corrected chi connectivity index (χ0v) is 13.3. The van der Waals surface area contributed by atoms with E-state index in [1.54, 1.807) is 6.26 Å². The van der Waals surface area contributed by atoms with E-state index in [0.717, 1.165) is 0 Å². The van der Waals surface area contributed by atoms with E-state index in [4.69, 9.17) is 16.7 Å². The molecule has 0 aliphatic rings. The van der Waals surface area contributed by atoms with Gasteiger partial charge in [-0.15, -0.1) is 0 Å². The van der Waals surface area contributed by atoms with E-state index in [-0.39, 0.29) is 15.8 Å². The molecule has 0 saturated heterocycles. The molecule has 2 unspecified atom stereocenters. The lowest BCUT2D eigenvalue weighted by atomic mass is 10.2. The molecule has 0 radical (unpaired) electrons. The number of aromatic carboxylic acids is 1. The maximum atomic E-state index is 11.7. The zero-order chi connectivity index (χ0) is 16.0. The zero-order valence-electron chi connectivity index (χ0n) is 11.7. The van der Waals surface area contributed by atoms with E-state index in [9.17, 15) is 13.8 Å². The summed E-state index contributed by atoms with van der Waals surface area (Å²) in [6, 6.07) is 3.75. The van der Waals surface area contributed by atoms with Gasteiger partial charge in [0, 0.05) is 34.5 Å². The molecule has 0 heterocycles. The van der Waals surface area contributed by atoms with Gasteiger partial charge in [-0.05, 0) is 24.6 Å². The third kappa shape index (κ3) is 5.73. The van der Waals surface area contributed by atoms with Gasteiger partial charge in [0.1, 0.15) is 0 Å². The number of hydrogen-bond donors (Lipinski definition) is 3. The number of urea groups is 1. The minimum Gasteiger partial charge on any atom is -0.478 e. The summed E-state index contributed by atoms with van der Waals surface area (Å²) in [6.07, 6.45) is 2.21. The number of rotatable bonds is 6. The summed E-state index contributed by atoms with van der Waals surface area (Å²) in [5.74, 6) is -1.16. The van der Waals surface area contributed by atoms with Gasteiger partial charge in [0.15, 0.2) is 0 Å². The van der Waals surface area contributed by atoms with Gasteiger partial charge in [-0.2, -0.15) is 0 Å². The van der Waals surface area contributed by atoms with Crippen LogP contribution in [0.1, 0.15) is 23.7 Å². The SMILES string of the molecule is CC(CCNC(=O)Nc1ccc(Cl)c(C(=O)O)c1)S(C)=O. The molecule has 2 amide bonds. The van der Waals surface area contributed by atoms with Crippen molar-refractivity contribution < 1.29 is 18.9 Å². The third-order valence-electron chi connectivity index (χ3n) is 2.86. The van der Waals surface area contributed by atoms with Crippen LogP contribution < -0.4 is 10.6 Å². The number of benzene rings is 1. The highest BCUT2D eigenvalue weighted by molar-refractivity contribution is 7.84. The molecule has 0 aliphatic heterocycles. The van der Waals surface area contributed by atoms with Crippen molar-refractivity contribution in [3.05, 3.63) is 28.8 Å². The molecule has 6 nitrogen and oxygen atoms in total. The highest BCUT2D eigenvalue weighted by Gasteiger charge is 2.11. The second-order valence-electron chi connectivity index (χ2n) is 4.48. The van der Waals surface area contributed by atoms with Gasteiger partial charge in [-0.25, -0.2) is 9.59 Å². The summed E-state index contributed by atoms with van der Waals surface area (Å²) in [6.45, 7) is 2.22. The van der Waals surface area contributed by atoms with Crippen molar-refractivity contribution in [3.8, 4) is 0 Å². The van der Waals surface area contributed by atoms with Crippen molar-refractivity contribution >= 4 is 40.1 Å². The monoisotopic (exact) mass is 332 g/mol. The largest absolute Gasteiger partial charge is 0.478 e. The Morgan fingerprint density at radius 3 is 2.67 bits per heavy atom. The first-order chi connectivity index (χ1) is 9.81. The van der Waals surface area contributed by atoms with Crippen molar-refractivity contribution in [2.75, 3.05) is 18.1 Å². The quantitative estimate of drug-likeness (QED) is 0.745. The lowest BCUT2D eigenvalue weighted by Crippen LogP contribution is -2.31. The normalized spacial score (nSPS) is 13.3. The molecule has 0 saturated carbocycles. The third-order valence-corrected chi connectivity index (χ3v) is 4.56. The number of carboxylic acid groups (broad SMARTS) is 1. The molecule has 1 rings (SSSR count). The number of carbonyl (C=O) groups excluding carboxylic acids is 1. The summed E-state index contributed by atoms with van der Waals surface area (Å²) in [4.78, 5) is 22.6. The van der Waals surface area contributed by atoms with Gasteiger partial charge in [-0.3, -0.25) is 4.21 Å². The van der Waals surface area contributed by atoms with Gasteiger partial charge >= 0.3 is 12.0 Å². The van der Waals surface area contributed by atoms with Crippen LogP contribution in [0, 0.1) is 0 Å². The molecule has 2 atom stereocenters. The van der Waals surface area contributed by atoms with E-state index in [1.165, 1.54) is 18.2 Å². The van der Waals surface area contributed by atoms with Crippen LogP contribution in [0.15, 0.2) is 18.2 Å². The van der Waals surface area contributed by atoms with Crippen LogP contribution >= 0.6 is 11.6 Å². The molecular formula is C13H17ClN2O4S. The van der Waals surface area contributed by atoms with Gasteiger partial charge in [-0.1, -0.05) is 18.5 Å². The number of anilines is 1. The molecule has 8 heteroatoms. The minimum atomic E-state index is -1.16. The molecule has 0 aromatic heterocycles. The lowest BCUT2D eigenvalue weighted by molar-refractivity contribution is 0.0697. The summed E-state index contributed by atoms with van der Waals surface area (Å²) in [5, 5.41) is 14.2. The number of carbonyl (C=O) groups is 2. The molecule has 21 heavy (non-hydrogen) atoms. The Balaban J connectivity index is 2.54. The van der Waals surface area contributed by atoms with E-state index in [0.29, 0.717) is 18.7 Å². The van der Waals surface area contributed by atoms with Crippen molar-refractivity contribution in [2.24, 2.45) is 0 Å². The number of hydrogen-bond acceptors (Lipinski definition) is 3. The molecule has 0 fully saturated rings. The maximum absolute atomic E-state index is 11.7. The molecule has 0 spiro atoms. The summed E-state index contributed by atoms with van der Waals surface area (Å²) in [5.41, 5.74) is 0.255. The molecule has 1 aromatic carbocycles. The van der Waals surface area contributed by atoms with Crippen molar-refractivity contribution in [3.63, 3.8) is 0 Å². The Bertz CT molecular complexity index is 565. The standard InChI is InChI=1S/C13H17ClN2O4S/c1-8(21(2)20)5-6-15-13(19)16-9-3-4-11(14)10(7-9)12(17)18/h3-4,7-8H,5-6H2,1-2H3,(H,17,18)(H2,15,16,19). The fourth-order valence-electron chi connectivity index (χ4n) is 1.50. The molecule has 1 aromatic rings. The molecule has 3 N–H and O–H groups in total. The van der Waals surface area contributed by atoms with Crippen LogP contribution in [0.3, 0.4) is 0 Å². The number of amides is 2. The number of nitrogens with one attached hydrogen (secondary N) is 2. The highest BCUT2D eigenvalue weighted by Crippen LogP contribution is 2.20. The predicted molar refractivity (Wildman–Crippen MR) is 83.6 cm³/mol. The fourth-order valence-corrected chi connectivity index (χ4v) is 2.15. The van der Waals surface area contributed by atoms with E-state index in [1.807, 2.05) is 6.92 Å². The van der Waals surface area contributed by atoms with Gasteiger partial charge in [0.2, 0.25) is 0 Å². The van der Waals surface area contributed by atoms with Crippen LogP contribution in [0.2, 0.25) is 5.02 Å². The van der Waals surface area contributed by atoms with E-state index >= 15 is 0 Å². The van der Waals surface area contributed by atoms with Crippen LogP contribution in [0.25, 0.3) is 0 Å². The molecule has 116 valence electrons. The van der Waals surface area contributed by atoms with Crippen molar-refractivity contribution in [2.45, 2.75) is 18.6 Å². The van der Waals surface area contributed by atoms with Crippen molar-refractivity contribution in [1.29, 1.82) is 0 Å². The summed E-state index contributed by atoms with van der Waals surface area (Å²) in [7, 11) is -0.926. The highest BCUT2D eigenvalue weighted by atomic mass is 35.5. The Morgan fingerprint density at radius 2 is 2.10 bits per heavy atom. The van der Waals surface area contributed by atoms with Crippen LogP contribution in [-0.2, 0) is 10.8 Å². The lowest BCUT2D eigenvalue weighted by Gasteiger charge is -2.11. The second kappa shape index (κ2) is 7.99. The Morgan fingerprint density at radius 1 is 1.43 bits per heavy atom. The first-order valence-electron chi connectivity index (χ1n) is 6.21. The van der Waals surface area contributed by atoms with Crippen LogP contribution in [0.5, 0.6) is 0 Å². The number of carboxylic acids is 1. The maximum Gasteiger partial charge on any atom is 0.337 e. The Kier molecular flexibility index (Phi) is 6.64. The first-order valence-corrected chi connectivity index (χ1v) is 8.21. The first kappa shape index (κ1) is 17.5. The average Bonchev–Trinajstić information content (AvgIpc) is 2.40. The Hall–Kier alpha value is -1.60. The smallest absolute Gasteiger partial charge is 0.337 e. The van der Waals surface area contributed by atoms with E-state index in [2.05, 4.69) is 10.6 Å². The van der Waals surface area contributed by atoms with Crippen LogP contribution in [0.4, 0.5) is 10.5 Å². The van der Waals surface area contributed by atoms with Crippen molar-refractivity contribution in [1.82, 2.24) is 5.32 Å². The molecule has 0 aliphatic carbocycles. The second-order valence-corrected chi connectivity index (χ2v) is 6.69. The van der Waals surface area contributed by atoms with E-state index < -0.39 is 22.8 Å². The predicted octanol–water partition coefficient (Wildman–Crippen LogP) is 2.32. The minimum absolute atomic E-state index is 0.000514.